The van der Waals surface area contributed by atoms with Crippen molar-refractivity contribution in [2.45, 2.75) is 18.9 Å². The molecule has 146 valence electrons. The van der Waals surface area contributed by atoms with E-state index in [0.717, 1.165) is 18.7 Å². The number of hydrogen-bond acceptors (Lipinski definition) is 3. The van der Waals surface area contributed by atoms with Crippen molar-refractivity contribution in [1.82, 2.24) is 10.2 Å². The standard InChI is InChI=1S/C21H26ClN3O.ClH/c1-15(18-9-5-6-10-20(18)22)24-21(26)14-25-12-17(11-23)19(13-25)16-7-3-2-4-8-16;/h2-10,15,17,19H,11-14,23H2,1H3,(H,24,26);1H/t15?,17-,19+;/m1./s1. The zero-order valence-electron chi connectivity index (χ0n) is 15.5. The number of nitrogens with zero attached hydrogens (tertiary/aromatic N) is 1. The number of amides is 1. The number of halogens is 2. The van der Waals surface area contributed by atoms with Gasteiger partial charge in [-0.3, -0.25) is 9.69 Å². The molecule has 1 saturated heterocycles. The highest BCUT2D eigenvalue weighted by molar-refractivity contribution is 6.31. The third-order valence-corrected chi connectivity index (χ3v) is 5.51. The Morgan fingerprint density at radius 3 is 2.52 bits per heavy atom. The lowest BCUT2D eigenvalue weighted by Gasteiger charge is -2.19. The van der Waals surface area contributed by atoms with Gasteiger partial charge in [-0.1, -0.05) is 60.1 Å². The van der Waals surface area contributed by atoms with E-state index in [-0.39, 0.29) is 24.4 Å². The second-order valence-corrected chi connectivity index (χ2v) is 7.42. The van der Waals surface area contributed by atoms with Crippen molar-refractivity contribution >= 4 is 29.9 Å². The molecule has 1 unspecified atom stereocenters. The summed E-state index contributed by atoms with van der Waals surface area (Å²) in [6.45, 7) is 4.69. The summed E-state index contributed by atoms with van der Waals surface area (Å²) in [6.07, 6.45) is 0. The Labute approximate surface area is 172 Å². The summed E-state index contributed by atoms with van der Waals surface area (Å²) in [5.74, 6) is 0.781. The average molecular weight is 408 g/mol. The van der Waals surface area contributed by atoms with Crippen LogP contribution in [0.1, 0.15) is 30.0 Å². The first-order valence-electron chi connectivity index (χ1n) is 9.09. The number of hydrogen-bond donors (Lipinski definition) is 2. The molecular weight excluding hydrogens is 381 g/mol. The summed E-state index contributed by atoms with van der Waals surface area (Å²) in [5, 5.41) is 3.73. The van der Waals surface area contributed by atoms with E-state index in [1.54, 1.807) is 0 Å². The van der Waals surface area contributed by atoms with Gasteiger partial charge in [-0.15, -0.1) is 12.4 Å². The van der Waals surface area contributed by atoms with Gasteiger partial charge in [0.2, 0.25) is 5.91 Å². The molecule has 0 aliphatic carbocycles. The fourth-order valence-corrected chi connectivity index (χ4v) is 4.10. The van der Waals surface area contributed by atoms with Gasteiger partial charge in [-0.05, 0) is 36.6 Å². The zero-order valence-corrected chi connectivity index (χ0v) is 17.0. The maximum atomic E-state index is 12.5. The number of carbonyl (C=O) groups excluding carboxylic acids is 1. The predicted molar refractivity (Wildman–Crippen MR) is 113 cm³/mol. The maximum Gasteiger partial charge on any atom is 0.234 e. The third kappa shape index (κ3) is 5.45. The molecule has 3 N–H and O–H groups in total. The second-order valence-electron chi connectivity index (χ2n) is 7.02. The summed E-state index contributed by atoms with van der Waals surface area (Å²) in [4.78, 5) is 14.7. The van der Waals surface area contributed by atoms with Crippen LogP contribution in [0.15, 0.2) is 54.6 Å². The summed E-state index contributed by atoms with van der Waals surface area (Å²) < 4.78 is 0. The van der Waals surface area contributed by atoms with Gasteiger partial charge in [-0.25, -0.2) is 0 Å². The molecule has 0 saturated carbocycles. The molecule has 0 bridgehead atoms. The van der Waals surface area contributed by atoms with Gasteiger partial charge in [0.25, 0.3) is 0 Å². The molecular formula is C21H27Cl2N3O. The maximum absolute atomic E-state index is 12.5. The predicted octanol–water partition coefficient (Wildman–Crippen LogP) is 3.61. The average Bonchev–Trinajstić information content (AvgIpc) is 3.05. The van der Waals surface area contributed by atoms with E-state index in [1.165, 1.54) is 5.56 Å². The van der Waals surface area contributed by atoms with Crippen LogP contribution in [-0.2, 0) is 4.79 Å². The lowest BCUT2D eigenvalue weighted by molar-refractivity contribution is -0.122. The molecule has 1 aliphatic heterocycles. The smallest absolute Gasteiger partial charge is 0.234 e. The van der Waals surface area contributed by atoms with Crippen molar-refractivity contribution < 1.29 is 4.79 Å². The van der Waals surface area contributed by atoms with E-state index >= 15 is 0 Å². The van der Waals surface area contributed by atoms with Gasteiger partial charge in [-0.2, -0.15) is 0 Å². The van der Waals surface area contributed by atoms with Crippen LogP contribution in [0.5, 0.6) is 0 Å². The van der Waals surface area contributed by atoms with E-state index in [4.69, 9.17) is 17.3 Å². The van der Waals surface area contributed by atoms with Crippen molar-refractivity contribution in [2.24, 2.45) is 11.7 Å². The molecule has 1 amide bonds. The Morgan fingerprint density at radius 1 is 1.19 bits per heavy atom. The molecule has 2 aromatic carbocycles. The van der Waals surface area contributed by atoms with E-state index in [1.807, 2.05) is 37.3 Å². The van der Waals surface area contributed by atoms with Crippen LogP contribution >= 0.6 is 24.0 Å². The Bertz CT molecular complexity index is 741. The number of carbonyl (C=O) groups is 1. The Morgan fingerprint density at radius 2 is 1.85 bits per heavy atom. The molecule has 1 heterocycles. The summed E-state index contributed by atoms with van der Waals surface area (Å²) >= 11 is 6.22. The van der Waals surface area contributed by atoms with Gasteiger partial charge in [0.15, 0.2) is 0 Å². The molecule has 27 heavy (non-hydrogen) atoms. The highest BCUT2D eigenvalue weighted by atomic mass is 35.5. The summed E-state index contributed by atoms with van der Waals surface area (Å²) in [7, 11) is 0. The van der Waals surface area contributed by atoms with Crippen molar-refractivity contribution in [3.8, 4) is 0 Å². The minimum absolute atomic E-state index is 0. The fraction of sp³-hybridized carbons (Fsp3) is 0.381. The number of likely N-dealkylation sites (tertiary alicyclic amines) is 1. The summed E-state index contributed by atoms with van der Waals surface area (Å²) in [6, 6.07) is 17.9. The fourth-order valence-electron chi connectivity index (χ4n) is 3.80. The molecule has 0 aromatic heterocycles. The molecule has 1 aliphatic rings. The minimum atomic E-state index is -0.117. The lowest BCUT2D eigenvalue weighted by Crippen LogP contribution is -2.37. The van der Waals surface area contributed by atoms with Crippen LogP contribution in [-0.4, -0.2) is 37.0 Å². The number of rotatable bonds is 6. The van der Waals surface area contributed by atoms with Gasteiger partial charge in [0.1, 0.15) is 0 Å². The first-order valence-corrected chi connectivity index (χ1v) is 9.47. The molecule has 0 radical (unpaired) electrons. The molecule has 2 aromatic rings. The van der Waals surface area contributed by atoms with Crippen LogP contribution in [0.25, 0.3) is 0 Å². The van der Waals surface area contributed by atoms with E-state index in [2.05, 4.69) is 34.5 Å². The van der Waals surface area contributed by atoms with Crippen molar-refractivity contribution in [2.75, 3.05) is 26.2 Å². The number of nitrogens with two attached hydrogens (primary N) is 1. The Hall–Kier alpha value is -1.59. The lowest BCUT2D eigenvalue weighted by atomic mass is 9.89. The monoisotopic (exact) mass is 407 g/mol. The molecule has 3 atom stereocenters. The van der Waals surface area contributed by atoms with Crippen LogP contribution in [0.4, 0.5) is 0 Å². The first kappa shape index (κ1) is 21.7. The molecule has 4 nitrogen and oxygen atoms in total. The highest BCUT2D eigenvalue weighted by Gasteiger charge is 2.33. The topological polar surface area (TPSA) is 58.4 Å². The molecule has 3 rings (SSSR count). The quantitative estimate of drug-likeness (QED) is 0.768. The zero-order chi connectivity index (χ0) is 18.5. The van der Waals surface area contributed by atoms with Crippen LogP contribution < -0.4 is 11.1 Å². The van der Waals surface area contributed by atoms with Gasteiger partial charge in [0.05, 0.1) is 12.6 Å². The number of benzene rings is 2. The largest absolute Gasteiger partial charge is 0.348 e. The first-order chi connectivity index (χ1) is 12.6. The van der Waals surface area contributed by atoms with E-state index < -0.39 is 0 Å². The van der Waals surface area contributed by atoms with E-state index in [0.29, 0.717) is 29.9 Å². The van der Waals surface area contributed by atoms with Gasteiger partial charge >= 0.3 is 0 Å². The SMILES string of the molecule is CC(NC(=O)CN1C[C@@H](CN)[C@H](c2ccccc2)C1)c1ccccc1Cl.Cl. The van der Waals surface area contributed by atoms with Gasteiger partial charge in [0, 0.05) is 24.0 Å². The molecule has 0 spiro atoms. The molecule has 1 fully saturated rings. The van der Waals surface area contributed by atoms with Crippen molar-refractivity contribution in [1.29, 1.82) is 0 Å². The Kier molecular flexibility index (Phi) is 8.11. The summed E-state index contributed by atoms with van der Waals surface area (Å²) in [5.41, 5.74) is 8.22. The van der Waals surface area contributed by atoms with E-state index in [9.17, 15) is 4.79 Å². The van der Waals surface area contributed by atoms with Crippen LogP contribution in [0.2, 0.25) is 5.02 Å². The minimum Gasteiger partial charge on any atom is -0.348 e. The number of nitrogens with one attached hydrogen (secondary N) is 1. The third-order valence-electron chi connectivity index (χ3n) is 5.16. The van der Waals surface area contributed by atoms with Crippen molar-refractivity contribution in [3.05, 3.63) is 70.7 Å². The molecule has 6 heteroatoms. The van der Waals surface area contributed by atoms with Crippen LogP contribution in [0.3, 0.4) is 0 Å². The van der Waals surface area contributed by atoms with Gasteiger partial charge < -0.3 is 11.1 Å². The second kappa shape index (κ2) is 10.1. The Balaban J connectivity index is 0.00000261. The normalized spacial score (nSPS) is 20.7. The van der Waals surface area contributed by atoms with Crippen LogP contribution in [0, 0.1) is 5.92 Å². The van der Waals surface area contributed by atoms with Crippen molar-refractivity contribution in [3.63, 3.8) is 0 Å². The highest BCUT2D eigenvalue weighted by Crippen LogP contribution is 2.31.